The number of nitrogens with one attached hydrogen (secondary N) is 1. The summed E-state index contributed by atoms with van der Waals surface area (Å²) in [6.07, 6.45) is 4.85. The van der Waals surface area contributed by atoms with Crippen molar-refractivity contribution in [3.63, 3.8) is 0 Å². The molecule has 0 atom stereocenters. The largest absolute Gasteiger partial charge is 0.347 e. The van der Waals surface area contributed by atoms with Crippen LogP contribution in [0.25, 0.3) is 16.8 Å². The van der Waals surface area contributed by atoms with Gasteiger partial charge in [0.2, 0.25) is 5.82 Å². The van der Waals surface area contributed by atoms with E-state index in [-0.39, 0.29) is 46.6 Å². The number of halogens is 1. The van der Waals surface area contributed by atoms with Crippen LogP contribution in [0.5, 0.6) is 0 Å². The van der Waals surface area contributed by atoms with Crippen LogP contribution in [-0.2, 0) is 0 Å². The van der Waals surface area contributed by atoms with Crippen molar-refractivity contribution < 1.29 is 9.18 Å². The summed E-state index contributed by atoms with van der Waals surface area (Å²) < 4.78 is 18.7. The van der Waals surface area contributed by atoms with Gasteiger partial charge in [-0.25, -0.2) is 19.2 Å². The van der Waals surface area contributed by atoms with E-state index in [0.717, 1.165) is 41.9 Å². The maximum absolute atomic E-state index is 14.1. The Labute approximate surface area is 226 Å². The Balaban J connectivity index is 1.25. The first kappa shape index (κ1) is 25.7. The third-order valence-electron chi connectivity index (χ3n) is 7.77. The Bertz CT molecular complexity index is 1700. The van der Waals surface area contributed by atoms with Gasteiger partial charge in [0.05, 0.1) is 11.6 Å². The highest BCUT2D eigenvalue weighted by Crippen LogP contribution is 2.30. The highest BCUT2D eigenvalue weighted by atomic mass is 32.2. The summed E-state index contributed by atoms with van der Waals surface area (Å²) in [5.41, 5.74) is 0.960. The Morgan fingerprint density at radius 1 is 1.00 bits per heavy atom. The fourth-order valence-corrected chi connectivity index (χ4v) is 6.99. The number of aryl methyl sites for hydroxylation is 2. The van der Waals surface area contributed by atoms with Gasteiger partial charge < -0.3 is 5.32 Å². The molecule has 2 fully saturated rings. The summed E-state index contributed by atoms with van der Waals surface area (Å²) >= 11 is 1.84. The van der Waals surface area contributed by atoms with Crippen molar-refractivity contribution >= 4 is 34.5 Å². The van der Waals surface area contributed by atoms with Crippen molar-refractivity contribution in [2.24, 2.45) is 0 Å². The van der Waals surface area contributed by atoms with Crippen molar-refractivity contribution in [2.75, 3.05) is 11.5 Å². The van der Waals surface area contributed by atoms with Gasteiger partial charge in [0.25, 0.3) is 17.2 Å². The van der Waals surface area contributed by atoms with Gasteiger partial charge in [0.1, 0.15) is 11.5 Å². The molecule has 1 saturated carbocycles. The van der Waals surface area contributed by atoms with Gasteiger partial charge in [0.15, 0.2) is 0 Å². The number of carbonyl (C=O) groups is 1. The highest BCUT2D eigenvalue weighted by molar-refractivity contribution is 7.99. The van der Waals surface area contributed by atoms with Crippen LogP contribution in [0, 0.1) is 19.7 Å². The van der Waals surface area contributed by atoms with E-state index in [1.165, 1.54) is 10.6 Å². The molecule has 4 aromatic rings. The minimum atomic E-state index is -0.608. The van der Waals surface area contributed by atoms with Gasteiger partial charge in [-0.15, -0.1) is 10.2 Å². The number of hydrogen-bond acceptors (Lipinski definition) is 8. The molecule has 1 N–H and O–H groups in total. The first-order chi connectivity index (χ1) is 18.8. The van der Waals surface area contributed by atoms with Gasteiger partial charge in [-0.2, -0.15) is 11.8 Å². The third kappa shape index (κ3) is 4.62. The first-order valence-corrected chi connectivity index (χ1v) is 14.4. The summed E-state index contributed by atoms with van der Waals surface area (Å²) in [6.45, 7) is 3.73. The normalized spacial score (nSPS) is 20.5. The average molecular weight is 553 g/mol. The van der Waals surface area contributed by atoms with E-state index >= 15 is 0 Å². The van der Waals surface area contributed by atoms with Crippen LogP contribution in [0.3, 0.4) is 0 Å². The summed E-state index contributed by atoms with van der Waals surface area (Å²) in [5.74, 6) is 1.42. The summed E-state index contributed by atoms with van der Waals surface area (Å²) in [5, 5.41) is 11.2. The number of amides is 1. The van der Waals surface area contributed by atoms with Crippen molar-refractivity contribution in [3.8, 4) is 0 Å². The molecule has 0 radical (unpaired) electrons. The number of aromatic nitrogens is 7. The van der Waals surface area contributed by atoms with Crippen LogP contribution in [0.4, 0.5) is 4.39 Å². The second-order valence-corrected chi connectivity index (χ2v) is 11.6. The lowest BCUT2D eigenvalue weighted by Crippen LogP contribution is -2.46. The minimum Gasteiger partial charge on any atom is -0.347 e. The molecule has 13 heteroatoms. The van der Waals surface area contributed by atoms with E-state index in [1.54, 1.807) is 8.97 Å². The molecule has 2 aliphatic rings. The molecular weight excluding hydrogens is 523 g/mol. The van der Waals surface area contributed by atoms with Gasteiger partial charge >= 0.3 is 5.69 Å². The molecular formula is C26H29FN8O3S. The fraction of sp³-hybridized carbons (Fsp3) is 0.500. The molecule has 5 heterocycles. The molecule has 1 aliphatic heterocycles. The number of pyridine rings is 1. The third-order valence-corrected chi connectivity index (χ3v) is 8.82. The zero-order valence-electron chi connectivity index (χ0n) is 21.8. The second-order valence-electron chi connectivity index (χ2n) is 10.4. The zero-order chi connectivity index (χ0) is 27.3. The average Bonchev–Trinajstić information content (AvgIpc) is 3.35. The number of hydrogen-bond donors (Lipinski definition) is 1. The summed E-state index contributed by atoms with van der Waals surface area (Å²) in [7, 11) is 0. The Kier molecular flexibility index (Phi) is 6.69. The van der Waals surface area contributed by atoms with Crippen LogP contribution in [0.1, 0.15) is 72.6 Å². The maximum atomic E-state index is 14.1. The molecule has 0 unspecified atom stereocenters. The molecule has 204 valence electrons. The molecule has 4 aromatic heterocycles. The second kappa shape index (κ2) is 10.2. The predicted octanol–water partition coefficient (Wildman–Crippen LogP) is 2.73. The van der Waals surface area contributed by atoms with Crippen LogP contribution >= 0.6 is 11.8 Å². The molecule has 0 spiro atoms. The minimum absolute atomic E-state index is 0.0820. The summed E-state index contributed by atoms with van der Waals surface area (Å²) in [6, 6.07) is 2.47. The van der Waals surface area contributed by atoms with Crippen molar-refractivity contribution in [3.05, 3.63) is 62.2 Å². The van der Waals surface area contributed by atoms with E-state index < -0.39 is 11.4 Å². The summed E-state index contributed by atoms with van der Waals surface area (Å²) in [4.78, 5) is 48.8. The van der Waals surface area contributed by atoms with Gasteiger partial charge in [0, 0.05) is 29.5 Å². The van der Waals surface area contributed by atoms with Crippen LogP contribution in [0.2, 0.25) is 0 Å². The number of thioether (sulfide) groups is 1. The number of carbonyl (C=O) groups excluding carboxylic acids is 1. The zero-order valence-corrected chi connectivity index (χ0v) is 22.6. The van der Waals surface area contributed by atoms with E-state index in [4.69, 9.17) is 0 Å². The lowest BCUT2D eigenvalue weighted by atomic mass is 9.91. The van der Waals surface area contributed by atoms with Crippen LogP contribution in [-0.4, -0.2) is 57.2 Å². The Hall–Kier alpha value is -3.61. The molecule has 6 rings (SSSR count). The quantitative estimate of drug-likeness (QED) is 0.409. The molecule has 11 nitrogen and oxygen atoms in total. The lowest BCUT2D eigenvalue weighted by Gasteiger charge is -2.31. The van der Waals surface area contributed by atoms with Gasteiger partial charge in [-0.3, -0.25) is 23.1 Å². The molecule has 0 aromatic carbocycles. The molecule has 1 amide bonds. The fourth-order valence-electron chi connectivity index (χ4n) is 5.90. The maximum Gasteiger partial charge on any atom is 0.333 e. The van der Waals surface area contributed by atoms with E-state index in [2.05, 4.69) is 25.5 Å². The van der Waals surface area contributed by atoms with Crippen LogP contribution < -0.4 is 16.6 Å². The van der Waals surface area contributed by atoms with Crippen molar-refractivity contribution in [2.45, 2.75) is 70.5 Å². The Morgan fingerprint density at radius 2 is 1.72 bits per heavy atom. The topological polar surface area (TPSA) is 129 Å². The molecule has 0 bridgehead atoms. The highest BCUT2D eigenvalue weighted by Gasteiger charge is 2.30. The van der Waals surface area contributed by atoms with E-state index in [1.807, 2.05) is 31.7 Å². The lowest BCUT2D eigenvalue weighted by molar-refractivity contribution is 0.0909. The number of rotatable bonds is 4. The van der Waals surface area contributed by atoms with E-state index in [0.29, 0.717) is 31.5 Å². The van der Waals surface area contributed by atoms with Crippen LogP contribution in [0.15, 0.2) is 27.9 Å². The number of fused-ring (bicyclic) bond motifs is 2. The smallest absolute Gasteiger partial charge is 0.333 e. The van der Waals surface area contributed by atoms with Crippen molar-refractivity contribution in [1.82, 2.24) is 39.0 Å². The van der Waals surface area contributed by atoms with Gasteiger partial charge in [-0.05, 0) is 76.0 Å². The Morgan fingerprint density at radius 3 is 2.46 bits per heavy atom. The number of nitrogens with zero attached hydrogens (tertiary/aromatic N) is 7. The molecule has 1 saturated heterocycles. The van der Waals surface area contributed by atoms with E-state index in [9.17, 15) is 18.8 Å². The monoisotopic (exact) mass is 552 g/mol. The SMILES string of the molecule is Cc1cc(C)n2c(C(=O)N[C@H]3CC[C@@H](n4c(=O)c5cc(F)cnc5n(C5CCSCC5)c4=O)CC3)nnc2n1. The molecule has 1 aliphatic carbocycles. The predicted molar refractivity (Wildman–Crippen MR) is 145 cm³/mol. The van der Waals surface area contributed by atoms with Gasteiger partial charge in [-0.1, -0.05) is 0 Å². The van der Waals surface area contributed by atoms with Crippen molar-refractivity contribution in [1.29, 1.82) is 0 Å². The molecule has 39 heavy (non-hydrogen) atoms. The first-order valence-electron chi connectivity index (χ1n) is 13.2. The standard InChI is InChI=1S/C26H29FN8O3S/c1-14-11-15(2)33-22(31-32-25(33)29-14)23(36)30-17-3-5-18(6-4-17)35-24(37)20-12-16(27)13-28-21(20)34(26(35)38)19-7-9-39-10-8-19/h11-13,17-19H,3-10H2,1-2H3,(H,30,36)/t17-,18+.